The first-order valence-electron chi connectivity index (χ1n) is 1.24. The second kappa shape index (κ2) is 0.626. The molecule has 0 radical (unpaired) electrons. The lowest BCUT2D eigenvalue weighted by Crippen LogP contribution is -1.56. The molecule has 0 saturated carbocycles. The van der Waals surface area contributed by atoms with Gasteiger partial charge in [0.25, 0.3) is 0 Å². The predicted molar refractivity (Wildman–Crippen MR) is 18.2 cm³/mol. The van der Waals surface area contributed by atoms with Gasteiger partial charge in [-0.15, -0.1) is 0 Å². The first-order chi connectivity index (χ1) is 1.89. The Bertz CT molecular complexity index is 25.2. The summed E-state index contributed by atoms with van der Waals surface area (Å²) in [5.74, 6) is 0. The molecule has 0 aliphatic carbocycles. The standard InChI is InChI=1S/C2H4OS/c4-3-1-2-3/h1-2H2. The van der Waals surface area contributed by atoms with E-state index in [0.29, 0.717) is 0 Å². The van der Waals surface area contributed by atoms with Gasteiger partial charge in [0.05, 0.1) is 0 Å². The van der Waals surface area contributed by atoms with E-state index in [-0.39, 0.29) is 0 Å². The number of hydrogen-bond acceptors (Lipinski definition) is 1. The van der Waals surface area contributed by atoms with Gasteiger partial charge in [0.1, 0.15) is 0 Å². The fourth-order valence-corrected chi connectivity index (χ4v) is 0.102. The molecule has 1 fully saturated rings. The molecule has 4 heavy (non-hydrogen) atoms. The van der Waals surface area contributed by atoms with Crippen molar-refractivity contribution in [1.29, 1.82) is 0 Å². The third-order valence-corrected chi connectivity index (χ3v) is 0.704. The van der Waals surface area contributed by atoms with Crippen molar-refractivity contribution in [1.82, 2.24) is 0 Å². The molecule has 0 unspecified atom stereocenters. The molecule has 0 aromatic rings. The molecule has 0 amide bonds. The van der Waals surface area contributed by atoms with Crippen LogP contribution in [0.25, 0.3) is 0 Å². The van der Waals surface area contributed by atoms with E-state index < -0.39 is 0 Å². The van der Waals surface area contributed by atoms with Crippen LogP contribution < -0.4 is 0 Å². The summed E-state index contributed by atoms with van der Waals surface area (Å²) in [5.41, 5.74) is 0. The summed E-state index contributed by atoms with van der Waals surface area (Å²) < 4.78 is 2.42. The second-order valence-electron chi connectivity index (χ2n) is 0.848. The number of rotatable bonds is 0. The van der Waals surface area contributed by atoms with Gasteiger partial charge in [-0.25, -0.2) is 0 Å². The highest BCUT2D eigenvalue weighted by atomic mass is 32.1. The van der Waals surface area contributed by atoms with E-state index in [0.717, 1.165) is 13.2 Å². The maximum Gasteiger partial charge on any atom is 0.198 e. The summed E-state index contributed by atoms with van der Waals surface area (Å²) in [6, 6.07) is 0. The zero-order valence-electron chi connectivity index (χ0n) is 2.23. The first-order valence-corrected chi connectivity index (χ1v) is 1.58. The van der Waals surface area contributed by atoms with Crippen LogP contribution in [0.2, 0.25) is 0 Å². The highest BCUT2D eigenvalue weighted by Crippen LogP contribution is 2.04. The summed E-state index contributed by atoms with van der Waals surface area (Å²) in [6.45, 7) is 2.10. The van der Waals surface area contributed by atoms with E-state index in [1.807, 2.05) is 0 Å². The Hall–Kier alpha value is 0.310. The minimum absolute atomic E-state index is 1.05. The van der Waals surface area contributed by atoms with Crippen LogP contribution in [0.15, 0.2) is 0 Å². The van der Waals surface area contributed by atoms with Crippen molar-refractivity contribution in [3.8, 4) is 0 Å². The van der Waals surface area contributed by atoms with Crippen molar-refractivity contribution in [3.05, 3.63) is 0 Å². The average Bonchev–Trinajstić information content (AvgIpc) is 1.75. The van der Waals surface area contributed by atoms with E-state index in [1.54, 1.807) is 0 Å². The van der Waals surface area contributed by atoms with Crippen LogP contribution in [0.3, 0.4) is 0 Å². The molecular weight excluding hydrogens is 72.1 g/mol. The minimum Gasteiger partial charge on any atom is -0.524 e. The Morgan fingerprint density at radius 2 is 1.75 bits per heavy atom. The molecule has 2 heteroatoms. The van der Waals surface area contributed by atoms with E-state index in [1.165, 1.54) is 0 Å². The molecule has 0 aromatic heterocycles. The summed E-state index contributed by atoms with van der Waals surface area (Å²) in [5, 5.41) is 0. The summed E-state index contributed by atoms with van der Waals surface area (Å²) in [4.78, 5) is 0. The van der Waals surface area contributed by atoms with E-state index >= 15 is 0 Å². The van der Waals surface area contributed by atoms with Gasteiger partial charge in [0, 0.05) is 0 Å². The lowest BCUT2D eigenvalue weighted by molar-refractivity contribution is 0.354. The van der Waals surface area contributed by atoms with E-state index in [9.17, 15) is 0 Å². The molecule has 1 rings (SSSR count). The van der Waals surface area contributed by atoms with Crippen LogP contribution in [-0.2, 0) is 16.7 Å². The topological polar surface area (TPSA) is 2.70 Å². The zero-order chi connectivity index (χ0) is 2.99. The lowest BCUT2D eigenvalue weighted by Gasteiger charge is -1.85. The molecule has 0 atom stereocenters. The van der Waals surface area contributed by atoms with Crippen molar-refractivity contribution in [2.75, 3.05) is 13.2 Å². The summed E-state index contributed by atoms with van der Waals surface area (Å²) in [7, 11) is 0. The van der Waals surface area contributed by atoms with Crippen LogP contribution in [0.4, 0.5) is 0 Å². The van der Waals surface area contributed by atoms with Crippen molar-refractivity contribution < 1.29 is 3.81 Å². The average molecular weight is 76.1 g/mol. The largest absolute Gasteiger partial charge is 0.524 e. The molecule has 24 valence electrons. The molecule has 1 heterocycles. The van der Waals surface area contributed by atoms with Gasteiger partial charge in [-0.3, -0.25) is 0 Å². The molecule has 1 nitrogen and oxygen atoms in total. The Balaban J connectivity index is 2.17. The summed E-state index contributed by atoms with van der Waals surface area (Å²) in [6.07, 6.45) is 0. The van der Waals surface area contributed by atoms with Gasteiger partial charge in [0.2, 0.25) is 0 Å². The van der Waals surface area contributed by atoms with Crippen LogP contribution in [0.5, 0.6) is 0 Å². The van der Waals surface area contributed by atoms with Crippen molar-refractivity contribution in [3.63, 3.8) is 0 Å². The minimum atomic E-state index is 1.05. The van der Waals surface area contributed by atoms with Gasteiger partial charge in [0.15, 0.2) is 13.2 Å². The molecule has 0 N–H and O–H groups in total. The van der Waals surface area contributed by atoms with Gasteiger partial charge < -0.3 is 16.7 Å². The maximum atomic E-state index is 4.48. The highest BCUT2D eigenvalue weighted by molar-refractivity contribution is 7.53. The Labute approximate surface area is 30.9 Å². The first kappa shape index (κ1) is 2.54. The molecule has 0 spiro atoms. The molecule has 0 bridgehead atoms. The SMILES string of the molecule is [S-][O+]1CC1. The fourth-order valence-electron chi connectivity index (χ4n) is 0.0340. The highest BCUT2D eigenvalue weighted by Gasteiger charge is 2.10. The Morgan fingerprint density at radius 1 is 1.50 bits per heavy atom. The third-order valence-electron chi connectivity index (χ3n) is 0.371. The van der Waals surface area contributed by atoms with E-state index in [4.69, 9.17) is 0 Å². The molecule has 1 aliphatic rings. The van der Waals surface area contributed by atoms with Gasteiger partial charge in [-0.2, -0.15) is 0 Å². The monoisotopic (exact) mass is 76.0 g/mol. The Morgan fingerprint density at radius 3 is 1.75 bits per heavy atom. The van der Waals surface area contributed by atoms with Gasteiger partial charge in [-0.1, -0.05) is 0 Å². The fraction of sp³-hybridized carbons (Fsp3) is 1.00. The van der Waals surface area contributed by atoms with Crippen molar-refractivity contribution in [2.24, 2.45) is 0 Å². The van der Waals surface area contributed by atoms with Crippen LogP contribution >= 0.6 is 0 Å². The zero-order valence-corrected chi connectivity index (χ0v) is 3.05. The quantitative estimate of drug-likeness (QED) is 0.223. The number of hydrogen-bond donors (Lipinski definition) is 0. The van der Waals surface area contributed by atoms with Crippen molar-refractivity contribution in [2.45, 2.75) is 0 Å². The smallest absolute Gasteiger partial charge is 0.198 e. The van der Waals surface area contributed by atoms with Crippen LogP contribution in [0, 0.1) is 0 Å². The van der Waals surface area contributed by atoms with Crippen molar-refractivity contribution >= 4 is 12.9 Å². The maximum absolute atomic E-state index is 4.48. The van der Waals surface area contributed by atoms with Gasteiger partial charge in [-0.05, 0) is 0 Å². The van der Waals surface area contributed by atoms with Gasteiger partial charge >= 0.3 is 0 Å². The molecular formula is C2H4OS. The van der Waals surface area contributed by atoms with E-state index in [2.05, 4.69) is 16.7 Å². The predicted octanol–water partition coefficient (Wildman–Crippen LogP) is 0.0142. The van der Waals surface area contributed by atoms with Crippen LogP contribution in [-0.4, -0.2) is 13.2 Å². The molecule has 1 aliphatic heterocycles. The normalized spacial score (nSPS) is 26.2. The van der Waals surface area contributed by atoms with Crippen LogP contribution in [0.1, 0.15) is 0 Å². The molecule has 0 aromatic carbocycles. The third kappa shape index (κ3) is 0.362. The molecule has 1 saturated heterocycles. The number of epoxide rings is 1. The second-order valence-corrected chi connectivity index (χ2v) is 1.32. The Kier molecular flexibility index (Phi) is 0.398. The summed E-state index contributed by atoms with van der Waals surface area (Å²) >= 11 is 4.48. The lowest BCUT2D eigenvalue weighted by atomic mass is 11.0.